The number of hydrogen-bond acceptors (Lipinski definition) is 4. The van der Waals surface area contributed by atoms with E-state index in [4.69, 9.17) is 10.5 Å². The fourth-order valence-electron chi connectivity index (χ4n) is 2.49. The van der Waals surface area contributed by atoms with Crippen LogP contribution in [-0.4, -0.2) is 37.9 Å². The molecule has 0 bridgehead atoms. The van der Waals surface area contributed by atoms with E-state index in [1.807, 2.05) is 0 Å². The maximum absolute atomic E-state index is 12.4. The SMILES string of the molecule is NC(=O)C1(CNC(=O)c2ccccc2OC(F)(F)F)CCOCC1. The number of para-hydroxylation sites is 1. The number of ether oxygens (including phenoxy) is 2. The number of halogens is 3. The minimum Gasteiger partial charge on any atom is -0.405 e. The van der Waals surface area contributed by atoms with E-state index in [0.29, 0.717) is 26.1 Å². The number of carbonyl (C=O) groups is 2. The Morgan fingerprint density at radius 2 is 1.88 bits per heavy atom. The summed E-state index contributed by atoms with van der Waals surface area (Å²) in [5.41, 5.74) is 4.18. The molecule has 24 heavy (non-hydrogen) atoms. The van der Waals surface area contributed by atoms with Gasteiger partial charge in [0.2, 0.25) is 5.91 Å². The molecule has 1 aromatic rings. The molecule has 2 amide bonds. The summed E-state index contributed by atoms with van der Waals surface area (Å²) in [5, 5.41) is 2.47. The first-order valence-electron chi connectivity index (χ1n) is 7.24. The van der Waals surface area contributed by atoms with Crippen LogP contribution in [0.5, 0.6) is 5.75 Å². The highest BCUT2D eigenvalue weighted by atomic mass is 19.4. The normalized spacial score (nSPS) is 17.1. The maximum atomic E-state index is 12.4. The summed E-state index contributed by atoms with van der Waals surface area (Å²) < 4.78 is 46.2. The van der Waals surface area contributed by atoms with Crippen molar-refractivity contribution >= 4 is 11.8 Å². The number of hydrogen-bond donors (Lipinski definition) is 2. The standard InChI is InChI=1S/C15H17F3N2O4/c16-15(17,18)24-11-4-2-1-3-10(11)12(21)20-9-14(13(19)22)5-7-23-8-6-14/h1-4H,5-9H2,(H2,19,22)(H,20,21). The van der Waals surface area contributed by atoms with E-state index in [1.54, 1.807) is 0 Å². The third-order valence-electron chi connectivity index (χ3n) is 3.92. The van der Waals surface area contributed by atoms with E-state index in [9.17, 15) is 22.8 Å². The van der Waals surface area contributed by atoms with Gasteiger partial charge in [-0.25, -0.2) is 0 Å². The molecular formula is C15H17F3N2O4. The van der Waals surface area contributed by atoms with E-state index in [2.05, 4.69) is 10.1 Å². The van der Waals surface area contributed by atoms with Crippen molar-refractivity contribution in [3.8, 4) is 5.75 Å². The Hall–Kier alpha value is -2.29. The first-order chi connectivity index (χ1) is 11.2. The van der Waals surface area contributed by atoms with Crippen LogP contribution in [0.3, 0.4) is 0 Å². The number of nitrogens with two attached hydrogens (primary N) is 1. The Morgan fingerprint density at radius 3 is 2.46 bits per heavy atom. The lowest BCUT2D eigenvalue weighted by Gasteiger charge is -2.34. The van der Waals surface area contributed by atoms with Crippen molar-refractivity contribution < 1.29 is 32.2 Å². The smallest absolute Gasteiger partial charge is 0.405 e. The fourth-order valence-corrected chi connectivity index (χ4v) is 2.49. The molecule has 0 aromatic heterocycles. The predicted octanol–water partition coefficient (Wildman–Crippen LogP) is 1.60. The lowest BCUT2D eigenvalue weighted by atomic mass is 9.79. The second-order valence-electron chi connectivity index (χ2n) is 5.48. The van der Waals surface area contributed by atoms with Crippen LogP contribution in [0.15, 0.2) is 24.3 Å². The Morgan fingerprint density at radius 1 is 1.25 bits per heavy atom. The topological polar surface area (TPSA) is 90.7 Å². The lowest BCUT2D eigenvalue weighted by Crippen LogP contribution is -2.49. The summed E-state index contributed by atoms with van der Waals surface area (Å²) >= 11 is 0. The van der Waals surface area contributed by atoms with E-state index >= 15 is 0 Å². The Kier molecular flexibility index (Phi) is 5.33. The zero-order valence-electron chi connectivity index (χ0n) is 12.7. The molecule has 1 aliphatic rings. The van der Waals surface area contributed by atoms with Gasteiger partial charge in [-0.1, -0.05) is 12.1 Å². The largest absolute Gasteiger partial charge is 0.573 e. The van der Waals surface area contributed by atoms with Gasteiger partial charge in [0.1, 0.15) is 5.75 Å². The van der Waals surface area contributed by atoms with Crippen molar-refractivity contribution in [1.82, 2.24) is 5.32 Å². The van der Waals surface area contributed by atoms with Crippen LogP contribution in [0.4, 0.5) is 13.2 Å². The Labute approximate surface area is 136 Å². The average Bonchev–Trinajstić information content (AvgIpc) is 2.52. The van der Waals surface area contributed by atoms with Crippen LogP contribution in [0, 0.1) is 5.41 Å². The van der Waals surface area contributed by atoms with Crippen LogP contribution in [0.25, 0.3) is 0 Å². The van der Waals surface area contributed by atoms with Gasteiger partial charge in [0.05, 0.1) is 11.0 Å². The third kappa shape index (κ3) is 4.38. The average molecular weight is 346 g/mol. The van der Waals surface area contributed by atoms with Gasteiger partial charge in [0, 0.05) is 19.8 Å². The number of benzene rings is 1. The molecule has 132 valence electrons. The van der Waals surface area contributed by atoms with Gasteiger partial charge >= 0.3 is 6.36 Å². The first kappa shape index (κ1) is 18.1. The number of primary amides is 1. The second-order valence-corrected chi connectivity index (χ2v) is 5.48. The molecule has 1 saturated heterocycles. The molecule has 2 rings (SSSR count). The predicted molar refractivity (Wildman–Crippen MR) is 77.1 cm³/mol. The molecule has 0 atom stereocenters. The summed E-state index contributed by atoms with van der Waals surface area (Å²) in [5.74, 6) is -1.96. The number of rotatable bonds is 5. The Bertz CT molecular complexity index is 613. The number of carbonyl (C=O) groups excluding carboxylic acids is 2. The minimum absolute atomic E-state index is 0.0785. The van der Waals surface area contributed by atoms with E-state index in [0.717, 1.165) is 6.07 Å². The van der Waals surface area contributed by atoms with E-state index in [-0.39, 0.29) is 12.1 Å². The highest BCUT2D eigenvalue weighted by molar-refractivity contribution is 5.97. The molecule has 0 radical (unpaired) electrons. The molecule has 0 unspecified atom stereocenters. The summed E-state index contributed by atoms with van der Waals surface area (Å²) in [6, 6.07) is 4.98. The fraction of sp³-hybridized carbons (Fsp3) is 0.467. The van der Waals surface area contributed by atoms with Crippen molar-refractivity contribution in [2.75, 3.05) is 19.8 Å². The molecular weight excluding hydrogens is 329 g/mol. The summed E-state index contributed by atoms with van der Waals surface area (Å²) in [4.78, 5) is 23.9. The molecule has 0 aliphatic carbocycles. The van der Waals surface area contributed by atoms with Crippen LogP contribution in [0.2, 0.25) is 0 Å². The number of alkyl halides is 3. The quantitative estimate of drug-likeness (QED) is 0.847. The monoisotopic (exact) mass is 346 g/mol. The molecule has 1 heterocycles. The van der Waals surface area contributed by atoms with Crippen molar-refractivity contribution in [3.63, 3.8) is 0 Å². The summed E-state index contributed by atoms with van der Waals surface area (Å²) in [6.45, 7) is 0.573. The molecule has 1 aliphatic heterocycles. The minimum atomic E-state index is -4.91. The van der Waals surface area contributed by atoms with Crippen LogP contribution < -0.4 is 15.8 Å². The third-order valence-corrected chi connectivity index (χ3v) is 3.92. The van der Waals surface area contributed by atoms with Crippen LogP contribution in [0.1, 0.15) is 23.2 Å². The van der Waals surface area contributed by atoms with Gasteiger partial charge in [-0.05, 0) is 25.0 Å². The van der Waals surface area contributed by atoms with Crippen molar-refractivity contribution in [2.24, 2.45) is 11.1 Å². The summed E-state index contributed by atoms with van der Waals surface area (Å²) in [7, 11) is 0. The molecule has 0 spiro atoms. The van der Waals surface area contributed by atoms with Gasteiger partial charge in [-0.15, -0.1) is 13.2 Å². The molecule has 1 fully saturated rings. The van der Waals surface area contributed by atoms with Gasteiger partial charge in [-0.2, -0.15) is 0 Å². The molecule has 1 aromatic carbocycles. The van der Waals surface area contributed by atoms with E-state index in [1.165, 1.54) is 18.2 Å². The molecule has 9 heteroatoms. The summed E-state index contributed by atoms with van der Waals surface area (Å²) in [6.07, 6.45) is -4.24. The maximum Gasteiger partial charge on any atom is 0.573 e. The highest BCUT2D eigenvalue weighted by Gasteiger charge is 2.39. The number of nitrogens with one attached hydrogen (secondary N) is 1. The molecule has 6 nitrogen and oxygen atoms in total. The van der Waals surface area contributed by atoms with E-state index < -0.39 is 29.3 Å². The van der Waals surface area contributed by atoms with Gasteiger partial charge < -0.3 is 20.5 Å². The zero-order chi connectivity index (χ0) is 17.8. The van der Waals surface area contributed by atoms with Gasteiger partial charge in [-0.3, -0.25) is 9.59 Å². The van der Waals surface area contributed by atoms with Gasteiger partial charge in [0.15, 0.2) is 0 Å². The van der Waals surface area contributed by atoms with Crippen molar-refractivity contribution in [1.29, 1.82) is 0 Å². The number of amides is 2. The Balaban J connectivity index is 2.11. The zero-order valence-corrected chi connectivity index (χ0v) is 12.7. The van der Waals surface area contributed by atoms with Crippen LogP contribution in [-0.2, 0) is 9.53 Å². The van der Waals surface area contributed by atoms with Crippen molar-refractivity contribution in [3.05, 3.63) is 29.8 Å². The molecule has 3 N–H and O–H groups in total. The van der Waals surface area contributed by atoms with Crippen molar-refractivity contribution in [2.45, 2.75) is 19.2 Å². The highest BCUT2D eigenvalue weighted by Crippen LogP contribution is 2.30. The van der Waals surface area contributed by atoms with Gasteiger partial charge in [0.25, 0.3) is 5.91 Å². The first-order valence-corrected chi connectivity index (χ1v) is 7.24. The molecule has 0 saturated carbocycles. The second kappa shape index (κ2) is 7.08. The lowest BCUT2D eigenvalue weighted by molar-refractivity contribution is -0.274. The van der Waals surface area contributed by atoms with Crippen LogP contribution >= 0.6 is 0 Å².